The first-order chi connectivity index (χ1) is 11.1. The van der Waals surface area contributed by atoms with E-state index in [4.69, 9.17) is 6.54 Å². The summed E-state index contributed by atoms with van der Waals surface area (Å²) in [6, 6.07) is 3.09. The Bertz CT molecular complexity index is 729. The highest BCUT2D eigenvalue weighted by Crippen LogP contribution is 2.28. The van der Waals surface area contributed by atoms with Crippen molar-refractivity contribution in [3.63, 3.8) is 0 Å². The van der Waals surface area contributed by atoms with Gasteiger partial charge in [-0.25, -0.2) is 28.1 Å². The highest BCUT2D eigenvalue weighted by atomic mass is 19.1. The summed E-state index contributed by atoms with van der Waals surface area (Å²) in [4.78, 5) is 7.63. The molecular weight excluding hydrogens is 294 g/mol. The third-order valence-corrected chi connectivity index (χ3v) is 3.19. The van der Waals surface area contributed by atoms with Gasteiger partial charge in [-0.15, -0.1) is 0 Å². The summed E-state index contributed by atoms with van der Waals surface area (Å²) in [6.45, 7) is -0.0299. The first-order valence-electron chi connectivity index (χ1n) is 6.78. The second kappa shape index (κ2) is 5.60. The number of aliphatic hydroxyl groups is 1. The SMILES string of the molecule is [3H]OC(Cn1cncn1)(Cn1cncn1)c1ccc(F)cc1F. The van der Waals surface area contributed by atoms with Gasteiger partial charge < -0.3 is 5.11 Å². The number of halogens is 2. The molecule has 0 aliphatic carbocycles. The normalized spacial score (nSPS) is 12.4. The molecule has 0 amide bonds. The van der Waals surface area contributed by atoms with Crippen LogP contribution in [0.3, 0.4) is 0 Å². The van der Waals surface area contributed by atoms with Crippen LogP contribution in [-0.4, -0.2) is 36.1 Å². The van der Waals surface area contributed by atoms with Crippen LogP contribution in [0.5, 0.6) is 0 Å². The maximum absolute atomic E-state index is 14.3. The van der Waals surface area contributed by atoms with Crippen LogP contribution >= 0.6 is 0 Å². The van der Waals surface area contributed by atoms with Crippen molar-refractivity contribution < 1.29 is 13.9 Å². The standard InChI is InChI=1S/C13H12F2N6O/c14-10-1-2-11(12(15)3-10)13(22,4-20-8-16-6-18-20)5-21-9-17-7-19-21/h1-3,6-9,22H,4-5H2/i22T. The zero-order valence-electron chi connectivity index (χ0n) is 12.3. The Morgan fingerprint density at radius 3 is 2.18 bits per heavy atom. The molecule has 0 bridgehead atoms. The zero-order chi connectivity index (χ0) is 16.3. The van der Waals surface area contributed by atoms with Crippen molar-refractivity contribution in [2.45, 2.75) is 18.7 Å². The van der Waals surface area contributed by atoms with Gasteiger partial charge in [0.1, 0.15) is 42.5 Å². The minimum absolute atomic E-state index is 0.0138. The molecule has 0 spiro atoms. The highest BCUT2D eigenvalue weighted by molar-refractivity contribution is 5.25. The van der Waals surface area contributed by atoms with Crippen LogP contribution in [0.1, 0.15) is 5.56 Å². The lowest BCUT2D eigenvalue weighted by Crippen LogP contribution is -2.37. The molecule has 1 aromatic carbocycles. The summed E-state index contributed by atoms with van der Waals surface area (Å²) < 4.78 is 37.8. The van der Waals surface area contributed by atoms with Gasteiger partial charge in [-0.05, 0) is 6.07 Å². The van der Waals surface area contributed by atoms with Crippen molar-refractivity contribution in [1.29, 1.82) is 1.43 Å². The first kappa shape index (κ1) is 13.0. The Hall–Kier alpha value is -2.68. The number of hydrogen-bond acceptors (Lipinski definition) is 5. The molecule has 0 unspecified atom stereocenters. The maximum atomic E-state index is 14.3. The van der Waals surface area contributed by atoms with E-state index >= 15 is 0 Å². The molecule has 0 aliphatic heterocycles. The Morgan fingerprint density at radius 2 is 1.73 bits per heavy atom. The van der Waals surface area contributed by atoms with Gasteiger partial charge in [-0.2, -0.15) is 10.2 Å². The van der Waals surface area contributed by atoms with Gasteiger partial charge >= 0.3 is 0 Å². The quantitative estimate of drug-likeness (QED) is 0.726. The smallest absolute Gasteiger partial charge is 0.212 e. The van der Waals surface area contributed by atoms with Gasteiger partial charge in [-0.3, -0.25) is 0 Å². The van der Waals surface area contributed by atoms with E-state index in [9.17, 15) is 8.78 Å². The fourth-order valence-electron chi connectivity index (χ4n) is 2.23. The summed E-state index contributed by atoms with van der Waals surface area (Å²) in [5.74, 6) is -1.54. The fourth-order valence-corrected chi connectivity index (χ4v) is 2.23. The Morgan fingerprint density at radius 1 is 1.09 bits per heavy atom. The number of benzene rings is 1. The first-order valence-corrected chi connectivity index (χ1v) is 6.38. The van der Waals surface area contributed by atoms with Crippen LogP contribution in [0, 0.1) is 11.6 Å². The average molecular weight is 308 g/mol. The summed E-state index contributed by atoms with van der Waals surface area (Å²) in [7, 11) is 0. The van der Waals surface area contributed by atoms with E-state index in [0.717, 1.165) is 12.1 Å². The molecule has 0 radical (unpaired) electrons. The van der Waals surface area contributed by atoms with Crippen LogP contribution < -0.4 is 0 Å². The van der Waals surface area contributed by atoms with E-state index in [0.29, 0.717) is 0 Å². The van der Waals surface area contributed by atoms with E-state index in [-0.39, 0.29) is 18.7 Å². The van der Waals surface area contributed by atoms with Gasteiger partial charge in [0.15, 0.2) is 0 Å². The summed E-state index contributed by atoms with van der Waals surface area (Å²) in [6.07, 6.45) is 5.45. The van der Waals surface area contributed by atoms with Gasteiger partial charge in [-0.1, -0.05) is 6.07 Å². The lowest BCUT2D eigenvalue weighted by atomic mass is 9.93. The Kier molecular flexibility index (Phi) is 3.31. The predicted molar refractivity (Wildman–Crippen MR) is 70.3 cm³/mol. The van der Waals surface area contributed by atoms with Crippen molar-refractivity contribution in [3.8, 4) is 0 Å². The minimum Gasteiger partial charge on any atom is -0.381 e. The van der Waals surface area contributed by atoms with Crippen LogP contribution in [0.25, 0.3) is 0 Å². The van der Waals surface area contributed by atoms with E-state index < -0.39 is 17.2 Å². The largest absolute Gasteiger partial charge is 0.381 e. The molecule has 1 N–H and O–H groups in total. The molecule has 0 saturated carbocycles. The molecule has 2 heterocycles. The van der Waals surface area contributed by atoms with Crippen molar-refractivity contribution in [2.75, 3.05) is 0 Å². The Balaban J connectivity index is 2.06. The fraction of sp³-hybridized carbons (Fsp3) is 0.231. The maximum Gasteiger partial charge on any atom is 0.212 e. The van der Waals surface area contributed by atoms with E-state index in [1.165, 1.54) is 40.7 Å². The molecule has 0 aliphatic rings. The van der Waals surface area contributed by atoms with Crippen LogP contribution in [0.2, 0.25) is 0 Å². The van der Waals surface area contributed by atoms with Crippen LogP contribution in [0.15, 0.2) is 43.5 Å². The molecule has 3 rings (SSSR count). The average Bonchev–Trinajstić information content (AvgIpc) is 3.20. The van der Waals surface area contributed by atoms with Gasteiger partial charge in [0, 0.05) is 11.6 Å². The topological polar surface area (TPSA) is 81.6 Å². The van der Waals surface area contributed by atoms with Crippen molar-refractivity contribution in [2.24, 2.45) is 0 Å². The van der Waals surface area contributed by atoms with E-state index in [2.05, 4.69) is 20.2 Å². The van der Waals surface area contributed by atoms with Gasteiger partial charge in [0.2, 0.25) is 1.43 Å². The molecule has 114 valence electrons. The molecule has 0 fully saturated rings. The molecule has 2 aromatic heterocycles. The van der Waals surface area contributed by atoms with E-state index in [1.807, 2.05) is 0 Å². The number of aromatic nitrogens is 6. The van der Waals surface area contributed by atoms with Gasteiger partial charge in [0.25, 0.3) is 0 Å². The summed E-state index contributed by atoms with van der Waals surface area (Å²) in [5.41, 5.74) is -1.47. The minimum atomic E-state index is -1.49. The second-order valence-electron chi connectivity index (χ2n) is 4.80. The Labute approximate surface area is 125 Å². The molecular formula is C13H12F2N6O. The third kappa shape index (κ3) is 2.84. The predicted octanol–water partition coefficient (Wildman–Crippen LogP) is 0.736. The lowest BCUT2D eigenvalue weighted by Gasteiger charge is -2.28. The summed E-state index contributed by atoms with van der Waals surface area (Å²) >= 11 is 0. The monoisotopic (exact) mass is 308 g/mol. The lowest BCUT2D eigenvalue weighted by molar-refractivity contribution is -0.00855. The number of rotatable bonds is 6. The highest BCUT2D eigenvalue weighted by Gasteiger charge is 2.34. The zero-order valence-corrected chi connectivity index (χ0v) is 11.3. The number of nitrogens with zero attached hydrogens (tertiary/aromatic N) is 6. The van der Waals surface area contributed by atoms with E-state index in [1.54, 1.807) is 0 Å². The van der Waals surface area contributed by atoms with Crippen LogP contribution in [-0.2, 0) is 18.7 Å². The molecule has 3 aromatic rings. The van der Waals surface area contributed by atoms with Crippen molar-refractivity contribution in [1.82, 2.24) is 29.5 Å². The molecule has 22 heavy (non-hydrogen) atoms. The molecule has 0 atom stereocenters. The summed E-state index contributed by atoms with van der Waals surface area (Å²) in [5, 5.41) is 12.8. The molecule has 0 saturated heterocycles. The molecule has 7 nitrogen and oxygen atoms in total. The molecule has 9 heteroatoms. The van der Waals surface area contributed by atoms with Crippen LogP contribution in [0.4, 0.5) is 8.78 Å². The van der Waals surface area contributed by atoms with Crippen molar-refractivity contribution in [3.05, 3.63) is 60.7 Å². The number of hydrogen-bond donors (Lipinski definition) is 1. The third-order valence-electron chi connectivity index (χ3n) is 3.19. The second-order valence-corrected chi connectivity index (χ2v) is 4.80. The van der Waals surface area contributed by atoms with Crippen molar-refractivity contribution >= 4 is 0 Å². The van der Waals surface area contributed by atoms with Gasteiger partial charge in [0.05, 0.1) is 13.1 Å².